The van der Waals surface area contributed by atoms with Crippen LogP contribution in [0.1, 0.15) is 28.4 Å². The van der Waals surface area contributed by atoms with Gasteiger partial charge in [-0.2, -0.15) is 11.8 Å². The molecule has 5 heteroatoms. The quantitative estimate of drug-likeness (QED) is 0.533. The third-order valence-corrected chi connectivity index (χ3v) is 5.40. The Labute approximate surface area is 182 Å². The molecule has 0 atom stereocenters. The first-order valence-electron chi connectivity index (χ1n) is 9.94. The van der Waals surface area contributed by atoms with Crippen LogP contribution in [0, 0.1) is 0 Å². The minimum atomic E-state index is -0.143. The van der Waals surface area contributed by atoms with Gasteiger partial charge < -0.3 is 10.2 Å². The van der Waals surface area contributed by atoms with E-state index in [2.05, 4.69) is 11.6 Å². The molecule has 0 saturated carbocycles. The first-order valence-corrected chi connectivity index (χ1v) is 11.3. The van der Waals surface area contributed by atoms with Gasteiger partial charge in [0.25, 0.3) is 5.91 Å². The molecule has 0 saturated heterocycles. The molecule has 1 N–H and O–H groups in total. The number of carbonyl (C=O) groups excluding carboxylic acids is 2. The number of likely N-dealkylation sites (N-methyl/N-ethyl adjacent to an activating group) is 1. The lowest BCUT2D eigenvalue weighted by Gasteiger charge is -2.21. The molecule has 154 valence electrons. The van der Waals surface area contributed by atoms with E-state index in [1.54, 1.807) is 16.7 Å². The number of thioether (sulfide) groups is 1. The molecule has 0 bridgehead atoms. The lowest BCUT2D eigenvalue weighted by atomic mass is 10.1. The fourth-order valence-electron chi connectivity index (χ4n) is 3.21. The van der Waals surface area contributed by atoms with Gasteiger partial charge in [0.15, 0.2) is 0 Å². The molecular weight excluding hydrogens is 392 g/mol. The molecule has 0 heterocycles. The minimum Gasteiger partial charge on any atom is -0.322 e. The molecule has 3 aromatic rings. The summed E-state index contributed by atoms with van der Waals surface area (Å²) in [6, 6.07) is 24.8. The van der Waals surface area contributed by atoms with Crippen molar-refractivity contribution in [1.82, 2.24) is 0 Å². The van der Waals surface area contributed by atoms with E-state index in [0.717, 1.165) is 17.0 Å². The van der Waals surface area contributed by atoms with Crippen molar-refractivity contribution in [2.45, 2.75) is 19.1 Å². The molecule has 3 rings (SSSR count). The zero-order chi connectivity index (χ0) is 21.3. The van der Waals surface area contributed by atoms with Crippen LogP contribution in [0.25, 0.3) is 0 Å². The van der Waals surface area contributed by atoms with Gasteiger partial charge in [0.2, 0.25) is 5.91 Å². The van der Waals surface area contributed by atoms with Gasteiger partial charge in [-0.3, -0.25) is 9.59 Å². The van der Waals surface area contributed by atoms with Crippen molar-refractivity contribution in [3.05, 3.63) is 95.6 Å². The molecule has 0 aliphatic carbocycles. The molecule has 3 aromatic carbocycles. The van der Waals surface area contributed by atoms with Gasteiger partial charge in [-0.15, -0.1) is 0 Å². The first-order chi connectivity index (χ1) is 14.6. The molecule has 4 nitrogen and oxygen atoms in total. The van der Waals surface area contributed by atoms with Crippen molar-refractivity contribution >= 4 is 35.0 Å². The Morgan fingerprint density at radius 3 is 2.10 bits per heavy atom. The second kappa shape index (κ2) is 10.6. The highest BCUT2D eigenvalue weighted by molar-refractivity contribution is 7.97. The van der Waals surface area contributed by atoms with Gasteiger partial charge in [-0.1, -0.05) is 42.5 Å². The molecule has 0 radical (unpaired) electrons. The highest BCUT2D eigenvalue weighted by atomic mass is 32.2. The van der Waals surface area contributed by atoms with E-state index in [4.69, 9.17) is 0 Å². The normalized spacial score (nSPS) is 10.5. The molecule has 0 aliphatic heterocycles. The van der Waals surface area contributed by atoms with Gasteiger partial charge in [-0.25, -0.2) is 0 Å². The van der Waals surface area contributed by atoms with Gasteiger partial charge in [0, 0.05) is 29.2 Å². The molecule has 0 spiro atoms. The summed E-state index contributed by atoms with van der Waals surface area (Å²) in [4.78, 5) is 26.9. The predicted molar refractivity (Wildman–Crippen MR) is 126 cm³/mol. The first kappa shape index (κ1) is 21.7. The van der Waals surface area contributed by atoms with Crippen LogP contribution < -0.4 is 10.2 Å². The summed E-state index contributed by atoms with van der Waals surface area (Å²) in [6.45, 7) is 2.59. The summed E-state index contributed by atoms with van der Waals surface area (Å²) >= 11 is 1.75. The van der Waals surface area contributed by atoms with E-state index >= 15 is 0 Å². The highest BCUT2D eigenvalue weighted by Gasteiger charge is 2.14. The Bertz CT molecular complexity index is 970. The summed E-state index contributed by atoms with van der Waals surface area (Å²) in [6.07, 6.45) is 2.37. The number of nitrogens with one attached hydrogen (secondary N) is 1. The van der Waals surface area contributed by atoms with E-state index in [1.807, 2.05) is 85.8 Å². The lowest BCUT2D eigenvalue weighted by Crippen LogP contribution is -2.31. The maximum atomic E-state index is 12.7. The molecule has 0 aromatic heterocycles. The smallest absolute Gasteiger partial charge is 0.255 e. The van der Waals surface area contributed by atoms with Gasteiger partial charge in [0.05, 0.1) is 6.42 Å². The van der Waals surface area contributed by atoms with E-state index in [1.165, 1.54) is 5.56 Å². The Morgan fingerprint density at radius 2 is 1.50 bits per heavy atom. The van der Waals surface area contributed by atoms with Crippen molar-refractivity contribution in [3.63, 3.8) is 0 Å². The van der Waals surface area contributed by atoms with Crippen molar-refractivity contribution in [2.24, 2.45) is 0 Å². The fourth-order valence-corrected chi connectivity index (χ4v) is 3.73. The monoisotopic (exact) mass is 418 g/mol. The number of anilines is 2. The van der Waals surface area contributed by atoms with Crippen molar-refractivity contribution in [1.29, 1.82) is 0 Å². The average Bonchev–Trinajstić information content (AvgIpc) is 2.77. The third kappa shape index (κ3) is 5.74. The maximum absolute atomic E-state index is 12.7. The molecular formula is C25H26N2O2S. The van der Waals surface area contributed by atoms with E-state index in [9.17, 15) is 9.59 Å². The average molecular weight is 419 g/mol. The fraction of sp³-hybridized carbons (Fsp3) is 0.200. The number of nitrogens with zero attached hydrogens (tertiary/aromatic N) is 1. The number of hydrogen-bond donors (Lipinski definition) is 1. The molecule has 0 fully saturated rings. The van der Waals surface area contributed by atoms with E-state index in [-0.39, 0.29) is 11.8 Å². The molecule has 0 aliphatic rings. The van der Waals surface area contributed by atoms with Gasteiger partial charge in [0.1, 0.15) is 0 Å². The van der Waals surface area contributed by atoms with Crippen molar-refractivity contribution < 1.29 is 9.59 Å². The second-order valence-electron chi connectivity index (χ2n) is 6.93. The summed E-state index contributed by atoms with van der Waals surface area (Å²) in [5.74, 6) is 0.837. The molecule has 2 amide bonds. The Kier molecular flexibility index (Phi) is 7.69. The molecule has 30 heavy (non-hydrogen) atoms. The lowest BCUT2D eigenvalue weighted by molar-refractivity contribution is -0.117. The van der Waals surface area contributed by atoms with Crippen LogP contribution in [0.5, 0.6) is 0 Å². The van der Waals surface area contributed by atoms with Crippen molar-refractivity contribution in [3.8, 4) is 0 Å². The largest absolute Gasteiger partial charge is 0.322 e. The zero-order valence-electron chi connectivity index (χ0n) is 17.3. The number of carbonyl (C=O) groups is 2. The van der Waals surface area contributed by atoms with Crippen LogP contribution >= 0.6 is 11.8 Å². The number of rotatable bonds is 8. The highest BCUT2D eigenvalue weighted by Crippen LogP contribution is 2.17. The number of para-hydroxylation sites is 1. The zero-order valence-corrected chi connectivity index (χ0v) is 18.1. The van der Waals surface area contributed by atoms with Crippen LogP contribution in [0.15, 0.2) is 78.9 Å². The Hall–Kier alpha value is -3.05. The predicted octanol–water partition coefficient (Wildman–Crippen LogP) is 5.40. The standard InChI is InChI=1S/C25H26N2O2S/c1-3-27(23-7-5-4-6-8-23)24(28)17-19-11-15-22(16-12-19)26-25(29)21-13-9-20(10-14-21)18-30-2/h4-16H,3,17-18H2,1-2H3,(H,26,29). The van der Waals surface area contributed by atoms with Gasteiger partial charge in [-0.05, 0) is 60.7 Å². The van der Waals surface area contributed by atoms with E-state index < -0.39 is 0 Å². The maximum Gasteiger partial charge on any atom is 0.255 e. The molecule has 0 unspecified atom stereocenters. The van der Waals surface area contributed by atoms with Gasteiger partial charge >= 0.3 is 0 Å². The third-order valence-electron chi connectivity index (χ3n) is 4.78. The van der Waals surface area contributed by atoms with Crippen LogP contribution in [-0.4, -0.2) is 24.6 Å². The number of amides is 2. The minimum absolute atomic E-state index is 0.0471. The Balaban J connectivity index is 1.60. The van der Waals surface area contributed by atoms with Crippen LogP contribution in [0.4, 0.5) is 11.4 Å². The Morgan fingerprint density at radius 1 is 0.867 bits per heavy atom. The second-order valence-corrected chi connectivity index (χ2v) is 7.80. The SMILES string of the molecule is CCN(C(=O)Cc1ccc(NC(=O)c2ccc(CSC)cc2)cc1)c1ccccc1. The van der Waals surface area contributed by atoms with Crippen LogP contribution in [-0.2, 0) is 17.0 Å². The number of benzene rings is 3. The number of hydrogen-bond acceptors (Lipinski definition) is 3. The topological polar surface area (TPSA) is 49.4 Å². The van der Waals surface area contributed by atoms with Crippen LogP contribution in [0.2, 0.25) is 0 Å². The van der Waals surface area contributed by atoms with Crippen LogP contribution in [0.3, 0.4) is 0 Å². The summed E-state index contributed by atoms with van der Waals surface area (Å²) in [5.41, 5.74) is 4.34. The summed E-state index contributed by atoms with van der Waals surface area (Å²) < 4.78 is 0. The summed E-state index contributed by atoms with van der Waals surface area (Å²) in [5, 5.41) is 2.91. The van der Waals surface area contributed by atoms with E-state index in [0.29, 0.717) is 24.2 Å². The van der Waals surface area contributed by atoms with Crippen molar-refractivity contribution in [2.75, 3.05) is 23.0 Å². The summed E-state index contributed by atoms with van der Waals surface area (Å²) in [7, 11) is 0.